The number of carbonyl (C=O) groups is 2. The number of aromatic nitrogens is 2. The molecular formula is C45H53ClF3N7O6. The van der Waals surface area contributed by atoms with Gasteiger partial charge in [0.05, 0.1) is 25.8 Å². The second kappa shape index (κ2) is 17.7. The van der Waals surface area contributed by atoms with E-state index in [1.165, 1.54) is 17.9 Å². The number of nitrogens with zero attached hydrogens (tertiary/aromatic N) is 7. The molecule has 0 aliphatic carbocycles. The van der Waals surface area contributed by atoms with E-state index in [2.05, 4.69) is 4.90 Å². The number of benzene rings is 2. The molecule has 17 heteroatoms. The Kier molecular flexibility index (Phi) is 12.7. The van der Waals surface area contributed by atoms with Crippen LogP contribution in [-0.2, 0) is 24.0 Å². The summed E-state index contributed by atoms with van der Waals surface area (Å²) in [5, 5.41) is -0.269. The van der Waals surface area contributed by atoms with Crippen molar-refractivity contribution in [1.82, 2.24) is 24.7 Å². The molecule has 2 fully saturated rings. The molecule has 3 aliphatic rings. The van der Waals surface area contributed by atoms with E-state index in [0.29, 0.717) is 31.1 Å². The molecule has 2 aromatic carbocycles. The molecule has 4 aromatic rings. The number of aryl methyl sites for hydroxylation is 1. The van der Waals surface area contributed by atoms with Crippen molar-refractivity contribution in [2.24, 2.45) is 0 Å². The number of amides is 2. The van der Waals surface area contributed by atoms with Crippen LogP contribution in [0.3, 0.4) is 0 Å². The number of hydrogen-bond donors (Lipinski definition) is 0. The number of pyridine rings is 2. The van der Waals surface area contributed by atoms with Crippen LogP contribution >= 0.6 is 11.6 Å². The van der Waals surface area contributed by atoms with Gasteiger partial charge in [-0.3, -0.25) is 4.79 Å². The predicted octanol–water partition coefficient (Wildman–Crippen LogP) is 7.94. The molecule has 0 bridgehead atoms. The summed E-state index contributed by atoms with van der Waals surface area (Å²) in [6.45, 7) is 11.3. The summed E-state index contributed by atoms with van der Waals surface area (Å²) in [5.74, 6) is 1.21. The molecule has 13 nitrogen and oxygen atoms in total. The Morgan fingerprint density at radius 3 is 2.03 bits per heavy atom. The highest BCUT2D eigenvalue weighted by atomic mass is 35.5. The van der Waals surface area contributed by atoms with Crippen molar-refractivity contribution in [3.05, 3.63) is 87.4 Å². The van der Waals surface area contributed by atoms with Gasteiger partial charge in [-0.25, -0.2) is 14.8 Å². The molecule has 2 atom stereocenters. The number of fused-ring (bicyclic) bond motifs is 2. The molecule has 0 spiro atoms. The van der Waals surface area contributed by atoms with Crippen LogP contribution < -0.4 is 24.0 Å². The van der Waals surface area contributed by atoms with E-state index in [0.717, 1.165) is 11.1 Å². The van der Waals surface area contributed by atoms with Gasteiger partial charge in [-0.2, -0.15) is 13.2 Å². The Hall–Kier alpha value is -5.48. The van der Waals surface area contributed by atoms with Crippen molar-refractivity contribution >= 4 is 35.2 Å². The molecule has 2 saturated heterocycles. The van der Waals surface area contributed by atoms with Gasteiger partial charge in [-0.1, -0.05) is 35.9 Å². The lowest BCUT2D eigenvalue weighted by Crippen LogP contribution is -2.58. The Labute approximate surface area is 365 Å². The van der Waals surface area contributed by atoms with Gasteiger partial charge in [0.15, 0.2) is 5.75 Å². The zero-order valence-electron chi connectivity index (χ0n) is 36.3. The molecule has 3 aliphatic heterocycles. The van der Waals surface area contributed by atoms with E-state index in [4.69, 9.17) is 40.5 Å². The average molecular weight is 880 g/mol. The number of piperazine rings is 2. The minimum atomic E-state index is -4.87. The Morgan fingerprint density at radius 1 is 0.887 bits per heavy atom. The van der Waals surface area contributed by atoms with E-state index < -0.39 is 41.1 Å². The lowest BCUT2D eigenvalue weighted by molar-refractivity contribution is -0.137. The number of halogens is 4. The summed E-state index contributed by atoms with van der Waals surface area (Å²) in [6.07, 6.45) is -5.39. The highest BCUT2D eigenvalue weighted by Crippen LogP contribution is 2.48. The number of rotatable bonds is 9. The fraction of sp³-hybridized carbons (Fsp3) is 0.467. The van der Waals surface area contributed by atoms with Crippen molar-refractivity contribution in [2.45, 2.75) is 71.6 Å². The van der Waals surface area contributed by atoms with Gasteiger partial charge in [0.2, 0.25) is 0 Å². The first-order valence-electron chi connectivity index (χ1n) is 20.6. The van der Waals surface area contributed by atoms with Crippen molar-refractivity contribution in [3.8, 4) is 28.6 Å². The quantitative estimate of drug-likeness (QED) is 0.163. The van der Waals surface area contributed by atoms with Crippen molar-refractivity contribution < 1.29 is 41.7 Å². The standard InChI is InChI=1S/C45H53ClF3N7O6/c1-27-21-34(54(23-29-9-13-32(59-7)14-10-29)24-30-11-15-33(60-8)16-12-30)50-38(36(27)45(47,48)49)39-37(46)40-35(41(51-39)55-19-17-52(6)22-28(55)2)42(57)56-20-18-53(25-31(56)26-61-40)43(58)62-44(3,4)5/h9-16,21,28,31H,17-20,22-26H2,1-8H3/t28-,31+/m0/s1. The number of methoxy groups -OCH3 is 2. The van der Waals surface area contributed by atoms with Crippen LogP contribution in [0, 0.1) is 6.92 Å². The van der Waals surface area contributed by atoms with Gasteiger partial charge >= 0.3 is 12.3 Å². The molecule has 62 heavy (non-hydrogen) atoms. The third-order valence-corrected chi connectivity index (χ3v) is 11.7. The van der Waals surface area contributed by atoms with Crippen LogP contribution in [-0.4, -0.2) is 121 Å². The Bertz CT molecular complexity index is 2240. The minimum Gasteiger partial charge on any atom is -0.497 e. The number of ether oxygens (including phenoxy) is 4. The molecule has 5 heterocycles. The summed E-state index contributed by atoms with van der Waals surface area (Å²) < 4.78 is 69.1. The predicted molar refractivity (Wildman–Crippen MR) is 231 cm³/mol. The highest BCUT2D eigenvalue weighted by Gasteiger charge is 2.44. The first-order valence-corrected chi connectivity index (χ1v) is 20.9. The number of likely N-dealkylation sites (N-methyl/N-ethyl adjacent to an activating group) is 1. The van der Waals surface area contributed by atoms with Gasteiger partial charge in [0.1, 0.15) is 57.3 Å². The van der Waals surface area contributed by atoms with Gasteiger partial charge < -0.3 is 43.4 Å². The van der Waals surface area contributed by atoms with Gasteiger partial charge in [0, 0.05) is 58.4 Å². The van der Waals surface area contributed by atoms with Crippen LogP contribution in [0.1, 0.15) is 60.3 Å². The van der Waals surface area contributed by atoms with E-state index in [9.17, 15) is 9.59 Å². The molecule has 2 aromatic heterocycles. The van der Waals surface area contributed by atoms with Crippen molar-refractivity contribution in [2.75, 3.05) is 76.9 Å². The summed E-state index contributed by atoms with van der Waals surface area (Å²) >= 11 is 7.23. The number of hydrogen-bond acceptors (Lipinski definition) is 11. The van der Waals surface area contributed by atoms with E-state index in [-0.39, 0.29) is 84.6 Å². The van der Waals surface area contributed by atoms with Crippen LogP contribution in [0.5, 0.6) is 17.2 Å². The second-order valence-corrected chi connectivity index (χ2v) is 17.4. The topological polar surface area (TPSA) is 113 Å². The molecule has 7 rings (SSSR count). The molecular weight excluding hydrogens is 827 g/mol. The number of carbonyl (C=O) groups excluding carboxylic acids is 2. The number of alkyl halides is 3. The normalized spacial score (nSPS) is 18.4. The van der Waals surface area contributed by atoms with E-state index >= 15 is 13.2 Å². The summed E-state index contributed by atoms with van der Waals surface area (Å²) in [4.78, 5) is 46.8. The Balaban J connectivity index is 1.38. The first-order chi connectivity index (χ1) is 29.3. The first kappa shape index (κ1) is 44.6. The average Bonchev–Trinajstić information content (AvgIpc) is 3.36. The molecule has 2 amide bonds. The summed E-state index contributed by atoms with van der Waals surface area (Å²) in [5.41, 5.74) is -0.802. The molecule has 0 radical (unpaired) electrons. The maximum atomic E-state index is 15.4. The molecule has 0 N–H and O–H groups in total. The Morgan fingerprint density at radius 2 is 1.48 bits per heavy atom. The van der Waals surface area contributed by atoms with E-state index in [1.807, 2.05) is 72.3 Å². The van der Waals surface area contributed by atoms with Crippen LogP contribution in [0.2, 0.25) is 5.02 Å². The maximum Gasteiger partial charge on any atom is 0.418 e. The smallest absolute Gasteiger partial charge is 0.418 e. The SMILES string of the molecule is COc1ccc(CN(Cc2ccc(OC)cc2)c2cc(C)c(C(F)(F)F)c(-c3nc(N4CCN(C)C[C@@H]4C)c4c(c3Cl)OC[C@H]3CN(C(=O)OC(C)(C)C)CCN3C4=O)n2)cc1. The minimum absolute atomic E-state index is 0.0606. The summed E-state index contributed by atoms with van der Waals surface area (Å²) in [6, 6.07) is 15.5. The lowest BCUT2D eigenvalue weighted by Gasteiger charge is -2.41. The number of anilines is 2. The zero-order chi connectivity index (χ0) is 44.7. The van der Waals surface area contributed by atoms with Crippen molar-refractivity contribution in [1.29, 1.82) is 0 Å². The fourth-order valence-electron chi connectivity index (χ4n) is 8.22. The van der Waals surface area contributed by atoms with E-state index in [1.54, 1.807) is 39.9 Å². The third-order valence-electron chi connectivity index (χ3n) is 11.3. The fourth-order valence-corrected chi connectivity index (χ4v) is 8.51. The second-order valence-electron chi connectivity index (χ2n) is 17.1. The zero-order valence-corrected chi connectivity index (χ0v) is 37.1. The highest BCUT2D eigenvalue weighted by molar-refractivity contribution is 6.35. The molecule has 332 valence electrons. The maximum absolute atomic E-state index is 15.4. The molecule has 0 unspecified atom stereocenters. The largest absolute Gasteiger partial charge is 0.497 e. The van der Waals surface area contributed by atoms with Crippen LogP contribution in [0.15, 0.2) is 54.6 Å². The monoisotopic (exact) mass is 879 g/mol. The third kappa shape index (κ3) is 9.45. The van der Waals surface area contributed by atoms with Crippen molar-refractivity contribution in [3.63, 3.8) is 0 Å². The van der Waals surface area contributed by atoms with Crippen LogP contribution in [0.25, 0.3) is 11.4 Å². The van der Waals surface area contributed by atoms with Gasteiger partial charge in [-0.15, -0.1) is 0 Å². The summed E-state index contributed by atoms with van der Waals surface area (Å²) in [7, 11) is 5.13. The molecule has 0 saturated carbocycles. The van der Waals surface area contributed by atoms with Gasteiger partial charge in [0.25, 0.3) is 5.91 Å². The van der Waals surface area contributed by atoms with Gasteiger partial charge in [-0.05, 0) is 88.7 Å². The van der Waals surface area contributed by atoms with Crippen LogP contribution in [0.4, 0.5) is 29.6 Å². The lowest BCUT2D eigenvalue weighted by atomic mass is 10.0.